The zero-order valence-electron chi connectivity index (χ0n) is 11.2. The third kappa shape index (κ3) is 2.66. The third-order valence-electron chi connectivity index (χ3n) is 3.57. The molecule has 0 saturated carbocycles. The van der Waals surface area contributed by atoms with E-state index in [-0.39, 0.29) is 0 Å². The van der Waals surface area contributed by atoms with Crippen molar-refractivity contribution in [3.8, 4) is 0 Å². The van der Waals surface area contributed by atoms with Crippen molar-refractivity contribution in [2.45, 2.75) is 13.0 Å². The monoisotopic (exact) mass is 298 g/mol. The number of rotatable bonds is 3. The summed E-state index contributed by atoms with van der Waals surface area (Å²) in [6.45, 7) is 0.677. The van der Waals surface area contributed by atoms with E-state index in [9.17, 15) is 4.79 Å². The number of hydrogen-bond donors (Lipinski definition) is 2. The lowest BCUT2D eigenvalue weighted by Crippen LogP contribution is -2.18. The molecule has 0 saturated heterocycles. The van der Waals surface area contributed by atoms with E-state index in [0.29, 0.717) is 12.1 Å². The number of aromatic nitrogens is 1. The van der Waals surface area contributed by atoms with Crippen LogP contribution in [0.15, 0.2) is 54.3 Å². The number of hydroxylamine groups is 1. The lowest BCUT2D eigenvalue weighted by atomic mass is 10.0. The molecule has 1 aromatic heterocycles. The SMILES string of the molecule is O=C(NO)c1ccc2ccn(CC3=CC=CCC3=S)c2c1. The second kappa shape index (κ2) is 5.63. The molecular formula is C16H14N2O2S. The van der Waals surface area contributed by atoms with Crippen molar-refractivity contribution < 1.29 is 10.0 Å². The molecule has 2 aromatic rings. The normalized spacial score (nSPS) is 14.3. The first kappa shape index (κ1) is 13.7. The number of amides is 1. The molecule has 0 aliphatic heterocycles. The number of hydrogen-bond acceptors (Lipinski definition) is 3. The van der Waals surface area contributed by atoms with Crippen LogP contribution in [-0.2, 0) is 6.54 Å². The molecule has 106 valence electrons. The first-order valence-corrected chi connectivity index (χ1v) is 7.02. The van der Waals surface area contributed by atoms with Gasteiger partial charge in [-0.1, -0.05) is 36.5 Å². The van der Waals surface area contributed by atoms with Gasteiger partial charge >= 0.3 is 0 Å². The van der Waals surface area contributed by atoms with Crippen LogP contribution in [-0.4, -0.2) is 20.5 Å². The highest BCUT2D eigenvalue weighted by molar-refractivity contribution is 7.80. The van der Waals surface area contributed by atoms with Crippen molar-refractivity contribution in [1.29, 1.82) is 0 Å². The molecule has 0 spiro atoms. The van der Waals surface area contributed by atoms with Crippen LogP contribution in [0.4, 0.5) is 0 Å². The number of nitrogens with zero attached hydrogens (tertiary/aromatic N) is 1. The van der Waals surface area contributed by atoms with Gasteiger partial charge in [-0.3, -0.25) is 10.0 Å². The molecule has 21 heavy (non-hydrogen) atoms. The van der Waals surface area contributed by atoms with Gasteiger partial charge in [0.25, 0.3) is 5.91 Å². The summed E-state index contributed by atoms with van der Waals surface area (Å²) in [7, 11) is 0. The maximum Gasteiger partial charge on any atom is 0.274 e. The average molecular weight is 298 g/mol. The van der Waals surface area contributed by atoms with Crippen LogP contribution in [0.3, 0.4) is 0 Å². The minimum Gasteiger partial charge on any atom is -0.343 e. The van der Waals surface area contributed by atoms with E-state index < -0.39 is 5.91 Å². The van der Waals surface area contributed by atoms with E-state index in [0.717, 1.165) is 27.8 Å². The van der Waals surface area contributed by atoms with Crippen molar-refractivity contribution in [2.24, 2.45) is 0 Å². The van der Waals surface area contributed by atoms with Gasteiger partial charge in [0.1, 0.15) is 0 Å². The highest BCUT2D eigenvalue weighted by Crippen LogP contribution is 2.21. The lowest BCUT2D eigenvalue weighted by molar-refractivity contribution is 0.0706. The molecule has 0 fully saturated rings. The fraction of sp³-hybridized carbons (Fsp3) is 0.125. The summed E-state index contributed by atoms with van der Waals surface area (Å²) >= 11 is 5.38. The Kier molecular flexibility index (Phi) is 3.68. The summed E-state index contributed by atoms with van der Waals surface area (Å²) in [5, 5.41) is 9.78. The molecule has 0 unspecified atom stereocenters. The summed E-state index contributed by atoms with van der Waals surface area (Å²) in [6, 6.07) is 7.32. The summed E-state index contributed by atoms with van der Waals surface area (Å²) in [5.74, 6) is -0.514. The fourth-order valence-electron chi connectivity index (χ4n) is 2.44. The van der Waals surface area contributed by atoms with E-state index in [1.54, 1.807) is 17.6 Å². The molecule has 3 rings (SSSR count). The summed E-state index contributed by atoms with van der Waals surface area (Å²) in [6.07, 6.45) is 8.87. The number of allylic oxidation sites excluding steroid dienone is 4. The maximum atomic E-state index is 11.5. The molecule has 1 amide bonds. The zero-order valence-corrected chi connectivity index (χ0v) is 12.1. The molecule has 4 nitrogen and oxygen atoms in total. The summed E-state index contributed by atoms with van der Waals surface area (Å²) in [5.41, 5.74) is 4.13. The first-order valence-electron chi connectivity index (χ1n) is 6.61. The number of carbonyl (C=O) groups is 1. The van der Waals surface area contributed by atoms with Crippen molar-refractivity contribution >= 4 is 33.9 Å². The highest BCUT2D eigenvalue weighted by Gasteiger charge is 2.11. The van der Waals surface area contributed by atoms with E-state index in [4.69, 9.17) is 17.4 Å². The standard InChI is InChI=1S/C16H14N2O2S/c19-16(17-20)12-6-5-11-7-8-18(14(11)9-12)10-13-3-1-2-4-15(13)21/h1-3,5-9,20H,4,10H2,(H,17,19). The van der Waals surface area contributed by atoms with Gasteiger partial charge in [-0.05, 0) is 29.2 Å². The van der Waals surface area contributed by atoms with Crippen LogP contribution < -0.4 is 5.48 Å². The largest absolute Gasteiger partial charge is 0.343 e. The van der Waals surface area contributed by atoms with E-state index in [1.165, 1.54) is 0 Å². The molecular weight excluding hydrogens is 284 g/mol. The Labute approximate surface area is 127 Å². The Morgan fingerprint density at radius 1 is 1.38 bits per heavy atom. The average Bonchev–Trinajstić information content (AvgIpc) is 2.91. The van der Waals surface area contributed by atoms with Crippen LogP contribution in [0.5, 0.6) is 0 Å². The molecule has 0 atom stereocenters. The van der Waals surface area contributed by atoms with Crippen LogP contribution in [0.1, 0.15) is 16.8 Å². The topological polar surface area (TPSA) is 54.3 Å². The van der Waals surface area contributed by atoms with Gasteiger partial charge in [-0.25, -0.2) is 5.48 Å². The molecule has 1 aliphatic carbocycles. The predicted octanol–water partition coefficient (Wildman–Crippen LogP) is 3.02. The number of thiocarbonyl (C=S) groups is 1. The van der Waals surface area contributed by atoms with Crippen LogP contribution in [0, 0.1) is 0 Å². The molecule has 1 aromatic carbocycles. The molecule has 1 aliphatic rings. The molecule has 1 heterocycles. The van der Waals surface area contributed by atoms with Crippen molar-refractivity contribution in [3.05, 3.63) is 59.8 Å². The van der Waals surface area contributed by atoms with E-state index >= 15 is 0 Å². The Bertz CT molecular complexity index is 787. The van der Waals surface area contributed by atoms with Gasteiger partial charge < -0.3 is 4.57 Å². The fourth-order valence-corrected chi connectivity index (χ4v) is 2.66. The number of benzene rings is 1. The Morgan fingerprint density at radius 2 is 2.24 bits per heavy atom. The number of nitrogens with one attached hydrogen (secondary N) is 1. The zero-order chi connectivity index (χ0) is 14.8. The number of carbonyl (C=O) groups excluding carboxylic acids is 1. The molecule has 0 radical (unpaired) electrons. The van der Waals surface area contributed by atoms with Crippen LogP contribution >= 0.6 is 12.2 Å². The van der Waals surface area contributed by atoms with Crippen LogP contribution in [0.2, 0.25) is 0 Å². The first-order chi connectivity index (χ1) is 10.2. The second-order valence-electron chi connectivity index (χ2n) is 4.91. The smallest absolute Gasteiger partial charge is 0.274 e. The van der Waals surface area contributed by atoms with Crippen molar-refractivity contribution in [1.82, 2.24) is 10.0 Å². The van der Waals surface area contributed by atoms with Gasteiger partial charge in [0.2, 0.25) is 0 Å². The Hall–Kier alpha value is -2.24. The third-order valence-corrected chi connectivity index (χ3v) is 4.00. The highest BCUT2D eigenvalue weighted by atomic mass is 32.1. The number of fused-ring (bicyclic) bond motifs is 1. The Balaban J connectivity index is 1.99. The molecule has 5 heteroatoms. The predicted molar refractivity (Wildman–Crippen MR) is 85.6 cm³/mol. The summed E-state index contributed by atoms with van der Waals surface area (Å²) in [4.78, 5) is 12.5. The maximum absolute atomic E-state index is 11.5. The van der Waals surface area contributed by atoms with Crippen molar-refractivity contribution in [2.75, 3.05) is 0 Å². The van der Waals surface area contributed by atoms with Gasteiger partial charge in [0.05, 0.1) is 0 Å². The Morgan fingerprint density at radius 3 is 3.00 bits per heavy atom. The van der Waals surface area contributed by atoms with E-state index in [1.807, 2.05) is 36.6 Å². The minimum atomic E-state index is -0.514. The van der Waals surface area contributed by atoms with Crippen molar-refractivity contribution in [3.63, 3.8) is 0 Å². The van der Waals surface area contributed by atoms with Gasteiger partial charge in [0.15, 0.2) is 0 Å². The lowest BCUT2D eigenvalue weighted by Gasteiger charge is -2.13. The second-order valence-corrected chi connectivity index (χ2v) is 5.40. The van der Waals surface area contributed by atoms with Gasteiger partial charge in [-0.15, -0.1) is 0 Å². The minimum absolute atomic E-state index is 0.421. The van der Waals surface area contributed by atoms with Gasteiger partial charge in [0, 0.05) is 35.1 Å². The summed E-state index contributed by atoms with van der Waals surface area (Å²) < 4.78 is 2.06. The van der Waals surface area contributed by atoms with Gasteiger partial charge in [-0.2, -0.15) is 0 Å². The molecule has 0 bridgehead atoms. The van der Waals surface area contributed by atoms with E-state index in [2.05, 4.69) is 4.57 Å². The van der Waals surface area contributed by atoms with Crippen LogP contribution in [0.25, 0.3) is 10.9 Å². The quantitative estimate of drug-likeness (QED) is 0.520. The molecule has 2 N–H and O–H groups in total.